The second-order valence-corrected chi connectivity index (χ2v) is 2.26. The van der Waals surface area contributed by atoms with Crippen LogP contribution < -0.4 is 5.73 Å². The molecule has 2 heteroatoms. The van der Waals surface area contributed by atoms with Gasteiger partial charge in [-0.25, -0.2) is 0 Å². The van der Waals surface area contributed by atoms with E-state index in [2.05, 4.69) is 0 Å². The summed E-state index contributed by atoms with van der Waals surface area (Å²) in [5.41, 5.74) is 6.69. The van der Waals surface area contributed by atoms with Crippen molar-refractivity contribution in [2.75, 3.05) is 0 Å². The van der Waals surface area contributed by atoms with Crippen LogP contribution in [0.2, 0.25) is 0 Å². The Morgan fingerprint density at radius 3 is 2.56 bits per heavy atom. The van der Waals surface area contributed by atoms with Crippen LogP contribution in [0.25, 0.3) is 0 Å². The first kappa shape index (κ1) is 6.36. The van der Waals surface area contributed by atoms with Gasteiger partial charge >= 0.3 is 0 Å². The minimum absolute atomic E-state index is 0.0139. The van der Waals surface area contributed by atoms with Crippen molar-refractivity contribution in [1.29, 1.82) is 0 Å². The highest BCUT2D eigenvalue weighted by Gasteiger charge is 2.04. The van der Waals surface area contributed by atoms with E-state index in [1.807, 2.05) is 19.9 Å². The Balaban J connectivity index is 2.94. The molecule has 0 fully saturated rings. The van der Waals surface area contributed by atoms with E-state index >= 15 is 0 Å². The fourth-order valence-corrected chi connectivity index (χ4v) is 0.851. The van der Waals surface area contributed by atoms with E-state index in [4.69, 9.17) is 10.2 Å². The molecule has 0 saturated carbocycles. The SMILES string of the molecule is Cc1ccoc1[C@@H](C)N. The lowest BCUT2D eigenvalue weighted by Gasteiger charge is -1.99. The zero-order chi connectivity index (χ0) is 6.85. The van der Waals surface area contributed by atoms with Crippen molar-refractivity contribution < 1.29 is 4.42 Å². The molecule has 0 radical (unpaired) electrons. The van der Waals surface area contributed by atoms with E-state index in [0.717, 1.165) is 11.3 Å². The summed E-state index contributed by atoms with van der Waals surface area (Å²) in [6.45, 7) is 3.90. The van der Waals surface area contributed by atoms with Gasteiger partial charge < -0.3 is 10.2 Å². The first-order valence-corrected chi connectivity index (χ1v) is 3.01. The van der Waals surface area contributed by atoms with E-state index in [9.17, 15) is 0 Å². The van der Waals surface area contributed by atoms with Gasteiger partial charge in [-0.3, -0.25) is 0 Å². The molecule has 0 bridgehead atoms. The van der Waals surface area contributed by atoms with E-state index in [0.29, 0.717) is 0 Å². The number of hydrogen-bond acceptors (Lipinski definition) is 2. The summed E-state index contributed by atoms with van der Waals surface area (Å²) in [5.74, 6) is 0.884. The molecular weight excluding hydrogens is 114 g/mol. The largest absolute Gasteiger partial charge is 0.467 e. The van der Waals surface area contributed by atoms with Crippen LogP contribution >= 0.6 is 0 Å². The van der Waals surface area contributed by atoms with E-state index in [-0.39, 0.29) is 6.04 Å². The van der Waals surface area contributed by atoms with Crippen molar-refractivity contribution in [2.45, 2.75) is 19.9 Å². The van der Waals surface area contributed by atoms with Gasteiger partial charge in [-0.05, 0) is 25.5 Å². The van der Waals surface area contributed by atoms with Crippen molar-refractivity contribution in [3.8, 4) is 0 Å². The van der Waals surface area contributed by atoms with Crippen LogP contribution in [0, 0.1) is 6.92 Å². The lowest BCUT2D eigenvalue weighted by molar-refractivity contribution is 0.477. The lowest BCUT2D eigenvalue weighted by Crippen LogP contribution is -2.04. The number of furan rings is 1. The molecule has 0 saturated heterocycles. The second kappa shape index (κ2) is 2.23. The third kappa shape index (κ3) is 1.13. The molecule has 0 spiro atoms. The highest BCUT2D eigenvalue weighted by atomic mass is 16.3. The molecule has 0 aliphatic carbocycles. The Labute approximate surface area is 54.7 Å². The van der Waals surface area contributed by atoms with Gasteiger partial charge in [0.05, 0.1) is 12.3 Å². The van der Waals surface area contributed by atoms with Crippen LogP contribution in [0.5, 0.6) is 0 Å². The summed E-state index contributed by atoms with van der Waals surface area (Å²) >= 11 is 0. The molecule has 0 aromatic carbocycles. The summed E-state index contributed by atoms with van der Waals surface area (Å²) in [4.78, 5) is 0. The minimum atomic E-state index is 0.0139. The lowest BCUT2D eigenvalue weighted by atomic mass is 10.2. The molecular formula is C7H11NO. The summed E-state index contributed by atoms with van der Waals surface area (Å²) in [7, 11) is 0. The second-order valence-electron chi connectivity index (χ2n) is 2.26. The van der Waals surface area contributed by atoms with Gasteiger partial charge in [-0.15, -0.1) is 0 Å². The zero-order valence-electron chi connectivity index (χ0n) is 5.72. The fourth-order valence-electron chi connectivity index (χ4n) is 0.851. The van der Waals surface area contributed by atoms with Gasteiger partial charge in [0.2, 0.25) is 0 Å². The van der Waals surface area contributed by atoms with Gasteiger partial charge in [-0.1, -0.05) is 0 Å². The average Bonchev–Trinajstić information content (AvgIpc) is 2.13. The summed E-state index contributed by atoms with van der Waals surface area (Å²) in [5, 5.41) is 0. The van der Waals surface area contributed by atoms with Crippen LogP contribution in [0.3, 0.4) is 0 Å². The van der Waals surface area contributed by atoms with Gasteiger partial charge in [-0.2, -0.15) is 0 Å². The van der Waals surface area contributed by atoms with Crippen LogP contribution in [-0.2, 0) is 0 Å². The molecule has 0 unspecified atom stereocenters. The molecule has 1 aromatic heterocycles. The molecule has 2 nitrogen and oxygen atoms in total. The quantitative estimate of drug-likeness (QED) is 0.619. The Morgan fingerprint density at radius 2 is 2.33 bits per heavy atom. The van der Waals surface area contributed by atoms with Crippen molar-refractivity contribution in [1.82, 2.24) is 0 Å². The Hall–Kier alpha value is -0.760. The van der Waals surface area contributed by atoms with Gasteiger partial charge in [0.15, 0.2) is 0 Å². The maximum Gasteiger partial charge on any atom is 0.123 e. The normalized spacial score (nSPS) is 13.7. The summed E-state index contributed by atoms with van der Waals surface area (Å²) < 4.78 is 5.10. The summed E-state index contributed by atoms with van der Waals surface area (Å²) in [6.07, 6.45) is 1.66. The van der Waals surface area contributed by atoms with Crippen LogP contribution in [0.1, 0.15) is 24.3 Å². The number of nitrogens with two attached hydrogens (primary N) is 1. The Bertz CT molecular complexity index is 191. The molecule has 1 atom stereocenters. The zero-order valence-corrected chi connectivity index (χ0v) is 5.72. The third-order valence-corrected chi connectivity index (χ3v) is 1.32. The van der Waals surface area contributed by atoms with E-state index < -0.39 is 0 Å². The number of rotatable bonds is 1. The molecule has 1 heterocycles. The first-order valence-electron chi connectivity index (χ1n) is 3.01. The predicted molar refractivity (Wildman–Crippen MR) is 36.0 cm³/mol. The molecule has 1 aromatic rings. The van der Waals surface area contributed by atoms with Crippen LogP contribution in [0.4, 0.5) is 0 Å². The maximum atomic E-state index is 5.57. The molecule has 0 amide bonds. The molecule has 50 valence electrons. The summed E-state index contributed by atoms with van der Waals surface area (Å²) in [6, 6.07) is 1.93. The Kier molecular flexibility index (Phi) is 1.58. The highest BCUT2D eigenvalue weighted by molar-refractivity contribution is 5.16. The van der Waals surface area contributed by atoms with Crippen molar-refractivity contribution in [2.24, 2.45) is 5.73 Å². The molecule has 0 aliphatic heterocycles. The predicted octanol–water partition coefficient (Wildman–Crippen LogP) is 1.61. The van der Waals surface area contributed by atoms with Gasteiger partial charge in [0.25, 0.3) is 0 Å². The standard InChI is InChI=1S/C7H11NO/c1-5-3-4-9-7(5)6(2)8/h3-4,6H,8H2,1-2H3/t6-/m1/s1. The monoisotopic (exact) mass is 125 g/mol. The smallest absolute Gasteiger partial charge is 0.123 e. The maximum absolute atomic E-state index is 5.57. The van der Waals surface area contributed by atoms with Gasteiger partial charge in [0, 0.05) is 0 Å². The van der Waals surface area contributed by atoms with Crippen LogP contribution in [-0.4, -0.2) is 0 Å². The average molecular weight is 125 g/mol. The van der Waals surface area contributed by atoms with E-state index in [1.54, 1.807) is 6.26 Å². The number of hydrogen-bond donors (Lipinski definition) is 1. The molecule has 1 rings (SSSR count). The topological polar surface area (TPSA) is 39.2 Å². The molecule has 0 aliphatic rings. The first-order chi connectivity index (χ1) is 4.22. The third-order valence-electron chi connectivity index (χ3n) is 1.32. The van der Waals surface area contributed by atoms with Crippen molar-refractivity contribution in [3.63, 3.8) is 0 Å². The highest BCUT2D eigenvalue weighted by Crippen LogP contribution is 2.14. The number of aryl methyl sites for hydroxylation is 1. The van der Waals surface area contributed by atoms with Crippen LogP contribution in [0.15, 0.2) is 16.7 Å². The van der Waals surface area contributed by atoms with Crippen molar-refractivity contribution >= 4 is 0 Å². The Morgan fingerprint density at radius 1 is 1.67 bits per heavy atom. The van der Waals surface area contributed by atoms with E-state index in [1.165, 1.54) is 0 Å². The van der Waals surface area contributed by atoms with Crippen molar-refractivity contribution in [3.05, 3.63) is 23.7 Å². The molecule has 2 N–H and O–H groups in total. The molecule has 9 heavy (non-hydrogen) atoms. The fraction of sp³-hybridized carbons (Fsp3) is 0.429. The van der Waals surface area contributed by atoms with Gasteiger partial charge in [0.1, 0.15) is 5.76 Å². The minimum Gasteiger partial charge on any atom is -0.467 e.